The average molecular weight is 352 g/mol. The van der Waals surface area contributed by atoms with Gasteiger partial charge in [0, 0.05) is 18.2 Å². The van der Waals surface area contributed by atoms with Gasteiger partial charge in [-0.15, -0.1) is 0 Å². The number of fused-ring (bicyclic) bond motifs is 1. The molecule has 2 aromatic heterocycles. The van der Waals surface area contributed by atoms with Gasteiger partial charge in [-0.2, -0.15) is 18.3 Å². The van der Waals surface area contributed by atoms with Gasteiger partial charge in [-0.25, -0.2) is 13.9 Å². The Morgan fingerprint density at radius 2 is 1.88 bits per heavy atom. The molecule has 0 aliphatic heterocycles. The topological polar surface area (TPSA) is 59.3 Å². The Hall–Kier alpha value is -2.97. The van der Waals surface area contributed by atoms with Crippen molar-refractivity contribution in [3.05, 3.63) is 53.6 Å². The SMILES string of the molecule is CCNC(=O)c1cc2nc(-c3ccc(F)cc3)cc(C(F)(F)F)n2n1. The smallest absolute Gasteiger partial charge is 0.351 e. The highest BCUT2D eigenvalue weighted by Crippen LogP contribution is 2.32. The number of aromatic nitrogens is 3. The van der Waals surface area contributed by atoms with Gasteiger partial charge < -0.3 is 5.32 Å². The largest absolute Gasteiger partial charge is 0.433 e. The third kappa shape index (κ3) is 3.30. The van der Waals surface area contributed by atoms with Gasteiger partial charge in [0.2, 0.25) is 0 Å². The van der Waals surface area contributed by atoms with Crippen LogP contribution < -0.4 is 5.32 Å². The number of hydrogen-bond acceptors (Lipinski definition) is 3. The predicted molar refractivity (Wildman–Crippen MR) is 81.4 cm³/mol. The van der Waals surface area contributed by atoms with Crippen molar-refractivity contribution in [3.8, 4) is 11.3 Å². The van der Waals surface area contributed by atoms with Gasteiger partial charge in [0.05, 0.1) is 5.69 Å². The van der Waals surface area contributed by atoms with Crippen LogP contribution in [0, 0.1) is 5.82 Å². The molecule has 5 nitrogen and oxygen atoms in total. The molecule has 9 heteroatoms. The van der Waals surface area contributed by atoms with E-state index in [1.54, 1.807) is 6.92 Å². The first-order valence-electron chi connectivity index (χ1n) is 7.31. The first-order valence-corrected chi connectivity index (χ1v) is 7.31. The number of alkyl halides is 3. The fourth-order valence-electron chi connectivity index (χ4n) is 2.31. The summed E-state index contributed by atoms with van der Waals surface area (Å²) in [5.41, 5.74) is -1.06. The summed E-state index contributed by atoms with van der Waals surface area (Å²) in [4.78, 5) is 15.9. The summed E-state index contributed by atoms with van der Waals surface area (Å²) in [6.45, 7) is 1.99. The standard InChI is InChI=1S/C16H12F4N4O/c1-2-21-15(25)12-8-14-22-11(9-3-5-10(17)6-4-9)7-13(16(18,19)20)24(14)23-12/h3-8H,2H2,1H3,(H,21,25). The highest BCUT2D eigenvalue weighted by molar-refractivity contribution is 5.93. The number of rotatable bonds is 3. The van der Waals surface area contributed by atoms with E-state index in [4.69, 9.17) is 0 Å². The molecule has 0 radical (unpaired) electrons. The molecule has 25 heavy (non-hydrogen) atoms. The van der Waals surface area contributed by atoms with Crippen molar-refractivity contribution in [1.82, 2.24) is 19.9 Å². The normalized spacial score (nSPS) is 11.7. The van der Waals surface area contributed by atoms with Crippen molar-refractivity contribution in [2.24, 2.45) is 0 Å². The maximum atomic E-state index is 13.4. The lowest BCUT2D eigenvalue weighted by Gasteiger charge is -2.11. The van der Waals surface area contributed by atoms with Gasteiger partial charge in [0.15, 0.2) is 17.0 Å². The van der Waals surface area contributed by atoms with Crippen LogP contribution in [-0.2, 0) is 6.18 Å². The van der Waals surface area contributed by atoms with Crippen LogP contribution in [0.4, 0.5) is 17.6 Å². The molecule has 130 valence electrons. The van der Waals surface area contributed by atoms with Crippen LogP contribution >= 0.6 is 0 Å². The number of carbonyl (C=O) groups excluding carboxylic acids is 1. The van der Waals surface area contributed by atoms with Crippen LogP contribution in [-0.4, -0.2) is 27.0 Å². The van der Waals surface area contributed by atoms with Crippen molar-refractivity contribution in [2.45, 2.75) is 13.1 Å². The van der Waals surface area contributed by atoms with Crippen molar-refractivity contribution in [3.63, 3.8) is 0 Å². The Morgan fingerprint density at radius 1 is 1.20 bits per heavy atom. The fraction of sp³-hybridized carbons (Fsp3) is 0.188. The van der Waals surface area contributed by atoms with E-state index in [1.807, 2.05) is 0 Å². The van der Waals surface area contributed by atoms with Crippen molar-refractivity contribution < 1.29 is 22.4 Å². The predicted octanol–water partition coefficient (Wildman–Crippen LogP) is 3.30. The van der Waals surface area contributed by atoms with Crippen molar-refractivity contribution in [2.75, 3.05) is 6.54 Å². The van der Waals surface area contributed by atoms with Gasteiger partial charge in [-0.3, -0.25) is 4.79 Å². The number of amides is 1. The second kappa shape index (κ2) is 6.15. The number of nitrogens with zero attached hydrogens (tertiary/aromatic N) is 3. The quantitative estimate of drug-likeness (QED) is 0.736. The van der Waals surface area contributed by atoms with E-state index in [-0.39, 0.29) is 17.0 Å². The Labute approximate surface area is 139 Å². The maximum absolute atomic E-state index is 13.4. The lowest BCUT2D eigenvalue weighted by Crippen LogP contribution is -2.23. The van der Waals surface area contributed by atoms with Gasteiger partial charge in [0.1, 0.15) is 5.82 Å². The molecule has 0 unspecified atom stereocenters. The van der Waals surface area contributed by atoms with E-state index in [2.05, 4.69) is 15.4 Å². The molecule has 0 bridgehead atoms. The van der Waals surface area contributed by atoms with Gasteiger partial charge in [-0.1, -0.05) is 0 Å². The molecular formula is C16H12F4N4O. The second-order valence-electron chi connectivity index (χ2n) is 5.19. The fourth-order valence-corrected chi connectivity index (χ4v) is 2.31. The summed E-state index contributed by atoms with van der Waals surface area (Å²) in [7, 11) is 0. The summed E-state index contributed by atoms with van der Waals surface area (Å²) in [6.07, 6.45) is -4.71. The molecule has 3 aromatic rings. The van der Waals surface area contributed by atoms with E-state index in [0.29, 0.717) is 16.6 Å². The molecule has 0 atom stereocenters. The van der Waals surface area contributed by atoms with Gasteiger partial charge >= 0.3 is 6.18 Å². The zero-order valence-electron chi connectivity index (χ0n) is 12.9. The van der Waals surface area contributed by atoms with Crippen LogP contribution in [0.15, 0.2) is 36.4 Å². The summed E-state index contributed by atoms with van der Waals surface area (Å²) < 4.78 is 53.8. The van der Waals surface area contributed by atoms with Crippen LogP contribution in [0.25, 0.3) is 16.9 Å². The molecule has 0 saturated carbocycles. The summed E-state index contributed by atoms with van der Waals surface area (Å²) in [5, 5.41) is 6.18. The zero-order chi connectivity index (χ0) is 18.2. The minimum Gasteiger partial charge on any atom is -0.351 e. The molecule has 0 fully saturated rings. The monoisotopic (exact) mass is 352 g/mol. The second-order valence-corrected chi connectivity index (χ2v) is 5.19. The van der Waals surface area contributed by atoms with Crippen LogP contribution in [0.3, 0.4) is 0 Å². The van der Waals surface area contributed by atoms with E-state index >= 15 is 0 Å². The molecule has 1 amide bonds. The number of nitrogens with one attached hydrogen (secondary N) is 1. The van der Waals surface area contributed by atoms with E-state index < -0.39 is 23.6 Å². The molecule has 0 aliphatic carbocycles. The number of benzene rings is 1. The molecule has 1 N–H and O–H groups in total. The summed E-state index contributed by atoms with van der Waals surface area (Å²) in [6, 6.07) is 6.91. The summed E-state index contributed by atoms with van der Waals surface area (Å²) >= 11 is 0. The zero-order valence-corrected chi connectivity index (χ0v) is 12.9. The maximum Gasteiger partial charge on any atom is 0.433 e. The third-order valence-electron chi connectivity index (χ3n) is 3.43. The Balaban J connectivity index is 2.20. The number of carbonyl (C=O) groups is 1. The lowest BCUT2D eigenvalue weighted by molar-refractivity contribution is -0.142. The molecule has 2 heterocycles. The van der Waals surface area contributed by atoms with Crippen molar-refractivity contribution >= 4 is 11.6 Å². The third-order valence-corrected chi connectivity index (χ3v) is 3.43. The van der Waals surface area contributed by atoms with Crippen LogP contribution in [0.1, 0.15) is 23.1 Å². The van der Waals surface area contributed by atoms with Gasteiger partial charge in [-0.05, 0) is 37.3 Å². The molecule has 3 rings (SSSR count). The lowest BCUT2D eigenvalue weighted by atomic mass is 10.1. The molecule has 0 aliphatic rings. The molecule has 0 saturated heterocycles. The minimum atomic E-state index is -4.71. The molecular weight excluding hydrogens is 340 g/mol. The summed E-state index contributed by atoms with van der Waals surface area (Å²) in [5.74, 6) is -1.10. The van der Waals surface area contributed by atoms with Crippen LogP contribution in [0.5, 0.6) is 0 Å². The highest BCUT2D eigenvalue weighted by atomic mass is 19.4. The van der Waals surface area contributed by atoms with E-state index in [1.165, 1.54) is 18.2 Å². The first kappa shape index (κ1) is 16.9. The highest BCUT2D eigenvalue weighted by Gasteiger charge is 2.35. The minimum absolute atomic E-state index is 0.00201. The Kier molecular flexibility index (Phi) is 4.15. The van der Waals surface area contributed by atoms with E-state index in [0.717, 1.165) is 18.2 Å². The van der Waals surface area contributed by atoms with E-state index in [9.17, 15) is 22.4 Å². The first-order chi connectivity index (χ1) is 11.8. The molecule has 1 aromatic carbocycles. The van der Waals surface area contributed by atoms with Crippen LogP contribution in [0.2, 0.25) is 0 Å². The average Bonchev–Trinajstić information content (AvgIpc) is 2.98. The van der Waals surface area contributed by atoms with Crippen molar-refractivity contribution in [1.29, 1.82) is 0 Å². The Morgan fingerprint density at radius 3 is 2.48 bits per heavy atom. The van der Waals surface area contributed by atoms with Gasteiger partial charge in [0.25, 0.3) is 5.91 Å². The number of halogens is 4. The molecule has 0 spiro atoms. The number of hydrogen-bond donors (Lipinski definition) is 1. The Bertz CT molecular complexity index is 932.